The summed E-state index contributed by atoms with van der Waals surface area (Å²) in [6, 6.07) is 7.79. The third kappa shape index (κ3) is 6.07. The molecule has 5 heteroatoms. The van der Waals surface area contributed by atoms with Gasteiger partial charge in [0.05, 0.1) is 5.75 Å². The van der Waals surface area contributed by atoms with Crippen LogP contribution in [-0.4, -0.2) is 23.2 Å². The van der Waals surface area contributed by atoms with E-state index in [0.29, 0.717) is 10.7 Å². The molecule has 0 bridgehead atoms. The molecule has 0 aliphatic carbocycles. The minimum Gasteiger partial charge on any atom is -0.389 e. The Morgan fingerprint density at radius 1 is 1.42 bits per heavy atom. The highest BCUT2D eigenvalue weighted by Crippen LogP contribution is 2.16. The molecule has 0 fully saturated rings. The molecule has 19 heavy (non-hydrogen) atoms. The Balaban J connectivity index is 2.37. The van der Waals surface area contributed by atoms with Crippen molar-refractivity contribution in [1.82, 2.24) is 5.32 Å². The van der Waals surface area contributed by atoms with Crippen LogP contribution in [0.4, 0.5) is 0 Å². The molecule has 0 spiro atoms. The van der Waals surface area contributed by atoms with E-state index in [2.05, 4.69) is 12.2 Å². The van der Waals surface area contributed by atoms with Crippen LogP contribution < -0.4 is 11.1 Å². The molecule has 0 aliphatic heterocycles. The van der Waals surface area contributed by atoms with Gasteiger partial charge in [0.25, 0.3) is 0 Å². The molecule has 0 atom stereocenters. The number of carbonyl (C=O) groups is 1. The number of rotatable bonds is 8. The highest BCUT2D eigenvalue weighted by Gasteiger charge is 2.06. The van der Waals surface area contributed by atoms with Crippen LogP contribution in [0.1, 0.15) is 30.9 Å². The smallest absolute Gasteiger partial charge is 0.230 e. The van der Waals surface area contributed by atoms with Crippen LogP contribution in [0.5, 0.6) is 0 Å². The maximum absolute atomic E-state index is 11.5. The van der Waals surface area contributed by atoms with E-state index < -0.39 is 0 Å². The van der Waals surface area contributed by atoms with Gasteiger partial charge in [-0.2, -0.15) is 0 Å². The summed E-state index contributed by atoms with van der Waals surface area (Å²) in [4.78, 5) is 12.0. The van der Waals surface area contributed by atoms with Crippen LogP contribution >= 0.6 is 24.0 Å². The quantitative estimate of drug-likeness (QED) is 0.571. The summed E-state index contributed by atoms with van der Waals surface area (Å²) in [6.45, 7) is 2.87. The first-order chi connectivity index (χ1) is 9.15. The van der Waals surface area contributed by atoms with Crippen molar-refractivity contribution in [2.45, 2.75) is 25.5 Å². The summed E-state index contributed by atoms with van der Waals surface area (Å²) in [5.74, 6) is 1.30. The second kappa shape index (κ2) is 8.93. The Kier molecular flexibility index (Phi) is 7.52. The number of nitrogens with two attached hydrogens (primary N) is 1. The molecular formula is C14H20N2OS2. The molecule has 1 aromatic rings. The topological polar surface area (TPSA) is 55.1 Å². The number of hydrogen-bond acceptors (Lipinski definition) is 3. The molecule has 0 radical (unpaired) electrons. The fourth-order valence-electron chi connectivity index (χ4n) is 1.60. The fourth-order valence-corrected chi connectivity index (χ4v) is 2.66. The van der Waals surface area contributed by atoms with Crippen molar-refractivity contribution in [2.75, 3.05) is 12.3 Å². The molecule has 1 rings (SSSR count). The van der Waals surface area contributed by atoms with Crippen molar-refractivity contribution in [3.63, 3.8) is 0 Å². The van der Waals surface area contributed by atoms with Gasteiger partial charge in [0, 0.05) is 17.9 Å². The Morgan fingerprint density at radius 2 is 2.16 bits per heavy atom. The number of hydrogen-bond donors (Lipinski definition) is 2. The van der Waals surface area contributed by atoms with E-state index >= 15 is 0 Å². The molecule has 0 aliphatic rings. The van der Waals surface area contributed by atoms with Crippen LogP contribution in [0, 0.1) is 0 Å². The molecule has 0 heterocycles. The highest BCUT2D eigenvalue weighted by molar-refractivity contribution is 7.99. The summed E-state index contributed by atoms with van der Waals surface area (Å²) in [6.07, 6.45) is 2.12. The van der Waals surface area contributed by atoms with Gasteiger partial charge in [-0.1, -0.05) is 49.8 Å². The molecule has 0 saturated heterocycles. The van der Waals surface area contributed by atoms with E-state index in [1.165, 1.54) is 0 Å². The summed E-state index contributed by atoms with van der Waals surface area (Å²) < 4.78 is 0. The first-order valence-electron chi connectivity index (χ1n) is 6.37. The van der Waals surface area contributed by atoms with Gasteiger partial charge in [-0.25, -0.2) is 0 Å². The second-order valence-electron chi connectivity index (χ2n) is 4.22. The summed E-state index contributed by atoms with van der Waals surface area (Å²) >= 11 is 6.59. The number of unbranched alkanes of at least 4 members (excludes halogenated alkanes) is 1. The predicted molar refractivity (Wildman–Crippen MR) is 86.4 cm³/mol. The zero-order chi connectivity index (χ0) is 14.1. The van der Waals surface area contributed by atoms with Gasteiger partial charge >= 0.3 is 0 Å². The van der Waals surface area contributed by atoms with Crippen LogP contribution in [-0.2, 0) is 10.5 Å². The van der Waals surface area contributed by atoms with Gasteiger partial charge in [0.2, 0.25) is 5.91 Å². The second-order valence-corrected chi connectivity index (χ2v) is 5.64. The van der Waals surface area contributed by atoms with Gasteiger partial charge in [-0.3, -0.25) is 4.79 Å². The lowest BCUT2D eigenvalue weighted by Gasteiger charge is -2.08. The lowest BCUT2D eigenvalue weighted by atomic mass is 10.1. The maximum atomic E-state index is 11.5. The molecule has 0 unspecified atom stereocenters. The monoisotopic (exact) mass is 296 g/mol. The molecule has 0 saturated carbocycles. The normalized spacial score (nSPS) is 10.2. The molecular weight excluding hydrogens is 276 g/mol. The number of benzene rings is 1. The zero-order valence-corrected chi connectivity index (χ0v) is 12.8. The summed E-state index contributed by atoms with van der Waals surface area (Å²) in [5, 5.41) is 2.90. The number of amides is 1. The van der Waals surface area contributed by atoms with E-state index in [-0.39, 0.29) is 5.91 Å². The zero-order valence-electron chi connectivity index (χ0n) is 11.1. The van der Waals surface area contributed by atoms with Gasteiger partial charge in [0.1, 0.15) is 4.99 Å². The molecule has 0 aromatic heterocycles. The number of carbonyl (C=O) groups excluding carboxylic acids is 1. The van der Waals surface area contributed by atoms with E-state index in [0.717, 1.165) is 36.3 Å². The van der Waals surface area contributed by atoms with E-state index in [1.807, 2.05) is 24.3 Å². The summed E-state index contributed by atoms with van der Waals surface area (Å²) in [5.41, 5.74) is 7.65. The van der Waals surface area contributed by atoms with E-state index in [9.17, 15) is 4.79 Å². The fraction of sp³-hybridized carbons (Fsp3) is 0.429. The van der Waals surface area contributed by atoms with Gasteiger partial charge in [-0.15, -0.1) is 11.8 Å². The van der Waals surface area contributed by atoms with Crippen LogP contribution in [0.3, 0.4) is 0 Å². The van der Waals surface area contributed by atoms with Gasteiger partial charge in [-0.05, 0) is 12.0 Å². The predicted octanol–water partition coefficient (Wildman–Crippen LogP) is 2.47. The Morgan fingerprint density at radius 3 is 2.84 bits per heavy atom. The standard InChI is InChI=1S/C14H20N2OS2/c1-2-3-8-16-13(17)10-19-9-11-6-4-5-7-12(11)14(15)18/h4-7H,2-3,8-10H2,1H3,(H2,15,18)(H,16,17). The van der Waals surface area contributed by atoms with Crippen molar-refractivity contribution < 1.29 is 4.79 Å². The largest absolute Gasteiger partial charge is 0.389 e. The Bertz CT molecular complexity index is 435. The van der Waals surface area contributed by atoms with E-state index in [4.69, 9.17) is 18.0 Å². The molecule has 104 valence electrons. The van der Waals surface area contributed by atoms with Crippen molar-refractivity contribution in [2.24, 2.45) is 5.73 Å². The van der Waals surface area contributed by atoms with Crippen LogP contribution in [0.15, 0.2) is 24.3 Å². The average molecular weight is 296 g/mol. The summed E-state index contributed by atoms with van der Waals surface area (Å²) in [7, 11) is 0. The maximum Gasteiger partial charge on any atom is 0.230 e. The lowest BCUT2D eigenvalue weighted by molar-refractivity contribution is -0.118. The van der Waals surface area contributed by atoms with Crippen LogP contribution in [0.25, 0.3) is 0 Å². The van der Waals surface area contributed by atoms with Crippen molar-refractivity contribution >= 4 is 34.9 Å². The molecule has 1 amide bonds. The van der Waals surface area contributed by atoms with Gasteiger partial charge < -0.3 is 11.1 Å². The Hall–Kier alpha value is -1.07. The molecule has 3 N–H and O–H groups in total. The average Bonchev–Trinajstić information content (AvgIpc) is 2.39. The third-order valence-corrected chi connectivity index (χ3v) is 3.83. The first-order valence-corrected chi connectivity index (χ1v) is 7.93. The first kappa shape index (κ1) is 16.0. The van der Waals surface area contributed by atoms with Crippen molar-refractivity contribution in [3.05, 3.63) is 35.4 Å². The third-order valence-electron chi connectivity index (χ3n) is 2.63. The van der Waals surface area contributed by atoms with Crippen LogP contribution in [0.2, 0.25) is 0 Å². The molecule has 3 nitrogen and oxygen atoms in total. The highest BCUT2D eigenvalue weighted by atomic mass is 32.2. The number of thiocarbonyl (C=S) groups is 1. The van der Waals surface area contributed by atoms with Crippen molar-refractivity contribution in [3.8, 4) is 0 Å². The minimum absolute atomic E-state index is 0.0891. The Labute approximate surface area is 124 Å². The van der Waals surface area contributed by atoms with Gasteiger partial charge in [0.15, 0.2) is 0 Å². The number of nitrogens with one attached hydrogen (secondary N) is 1. The van der Waals surface area contributed by atoms with Crippen molar-refractivity contribution in [1.29, 1.82) is 0 Å². The minimum atomic E-state index is 0.0891. The molecule has 1 aromatic carbocycles. The SMILES string of the molecule is CCCCNC(=O)CSCc1ccccc1C(N)=S. The number of thioether (sulfide) groups is 1. The lowest BCUT2D eigenvalue weighted by Crippen LogP contribution is -2.26. The van der Waals surface area contributed by atoms with E-state index in [1.54, 1.807) is 11.8 Å².